The molecule has 3 unspecified atom stereocenters. The largest absolute Gasteiger partial charge is 0.490 e. The maximum absolute atomic E-state index is 14.0. The summed E-state index contributed by atoms with van der Waals surface area (Å²) in [6.07, 6.45) is 5.69. The maximum Gasteiger partial charge on any atom is 0.490 e. The van der Waals surface area contributed by atoms with Crippen LogP contribution in [0.25, 0.3) is 5.57 Å². The topological polar surface area (TPSA) is 321 Å². The number of carboxylic acid groups (broad SMARTS) is 1. The van der Waals surface area contributed by atoms with E-state index in [9.17, 15) is 43.0 Å². The number of nitrogens with one attached hydrogen (secondary N) is 1. The molecule has 6 aliphatic rings. The highest BCUT2D eigenvalue weighted by molar-refractivity contribution is 8.77. The molecule has 23 nitrogen and oxygen atoms in total. The summed E-state index contributed by atoms with van der Waals surface area (Å²) in [5.74, 6) is -0.139. The molecule has 1 aromatic heterocycles. The van der Waals surface area contributed by atoms with E-state index in [-0.39, 0.29) is 35.8 Å². The van der Waals surface area contributed by atoms with Crippen molar-refractivity contribution in [3.8, 4) is 11.5 Å². The van der Waals surface area contributed by atoms with Crippen molar-refractivity contribution in [2.24, 2.45) is 0 Å². The number of aryl methyl sites for hydroxylation is 2. The lowest BCUT2D eigenvalue weighted by molar-refractivity contribution is -0.0543. The van der Waals surface area contributed by atoms with Crippen molar-refractivity contribution in [2.45, 2.75) is 94.8 Å². The summed E-state index contributed by atoms with van der Waals surface area (Å²) >= 11 is 0. The van der Waals surface area contributed by atoms with Gasteiger partial charge in [-0.1, -0.05) is 27.7 Å². The van der Waals surface area contributed by atoms with Gasteiger partial charge in [0, 0.05) is 88.6 Å². The number of nitrogens with two attached hydrogens (primary N) is 1. The fourth-order valence-corrected chi connectivity index (χ4v) is 16.1. The number of aromatic nitrogens is 2. The number of rotatable bonds is 18. The highest BCUT2D eigenvalue weighted by Crippen LogP contribution is 2.66. The molecule has 8 N–H and O–H groups in total. The Morgan fingerprint density at radius 2 is 1.65 bits per heavy atom. The van der Waals surface area contributed by atoms with E-state index >= 15 is 0 Å². The number of hydrogen-bond acceptors (Lipinski definition) is 17. The number of fused-ring (bicyclic) bond motifs is 4. The molecule has 7 heterocycles. The molecule has 0 radical (unpaired) electrons. The fourth-order valence-electron chi connectivity index (χ4n) is 10.9. The Balaban J connectivity index is 0.849. The van der Waals surface area contributed by atoms with Gasteiger partial charge in [-0.25, -0.2) is 27.9 Å². The molecule has 10 rings (SSSR count). The summed E-state index contributed by atoms with van der Waals surface area (Å²) in [6, 6.07) is 10.6. The molecule has 6 aliphatic heterocycles. The zero-order chi connectivity index (χ0) is 53.2. The Kier molecular flexibility index (Phi) is 15.2. The third-order valence-electron chi connectivity index (χ3n) is 13.9. The molecule has 402 valence electrons. The molecule has 0 spiro atoms. The van der Waals surface area contributed by atoms with E-state index in [1.165, 1.54) is 73.2 Å². The lowest BCUT2D eigenvalue weighted by Crippen LogP contribution is -2.45. The predicted octanol–water partition coefficient (Wildman–Crippen LogP) is 4.52. The van der Waals surface area contributed by atoms with Gasteiger partial charge in [0.25, 0.3) is 5.91 Å². The molecule has 1 saturated heterocycles. The van der Waals surface area contributed by atoms with Crippen LogP contribution < -0.4 is 41.5 Å². The number of amides is 1. The van der Waals surface area contributed by atoms with Crippen LogP contribution in [-0.4, -0.2) is 108 Å². The molecule has 0 bridgehead atoms. The average Bonchev–Trinajstić information content (AvgIpc) is 3.77. The second-order valence-corrected chi connectivity index (χ2v) is 27.0. The summed E-state index contributed by atoms with van der Waals surface area (Å²) in [6.45, 7) is 7.03. The smallest absolute Gasteiger partial charge is 0.478 e. The van der Waals surface area contributed by atoms with E-state index in [0.717, 1.165) is 110 Å². The number of aromatic carboxylic acids is 1. The lowest BCUT2D eigenvalue weighted by atomic mass is 9.81. The van der Waals surface area contributed by atoms with Crippen LogP contribution in [0.5, 0.6) is 11.5 Å². The van der Waals surface area contributed by atoms with Gasteiger partial charge in [0.05, 0.1) is 23.8 Å². The van der Waals surface area contributed by atoms with Crippen LogP contribution in [0.3, 0.4) is 0 Å². The van der Waals surface area contributed by atoms with E-state index in [0.29, 0.717) is 5.56 Å². The zero-order valence-corrected chi connectivity index (χ0v) is 45.1. The Labute approximate surface area is 437 Å². The summed E-state index contributed by atoms with van der Waals surface area (Å²) in [5.41, 5.74) is 13.3. The Bertz CT molecular complexity index is 3350. The van der Waals surface area contributed by atoms with Gasteiger partial charge in [0.2, 0.25) is 5.36 Å². The van der Waals surface area contributed by atoms with E-state index in [1.54, 1.807) is 12.1 Å². The van der Waals surface area contributed by atoms with Crippen LogP contribution in [0, 0.1) is 0 Å². The van der Waals surface area contributed by atoms with Crippen LogP contribution in [-0.2, 0) is 62.0 Å². The predicted molar refractivity (Wildman–Crippen MR) is 276 cm³/mol. The van der Waals surface area contributed by atoms with Crippen molar-refractivity contribution < 1.29 is 75.3 Å². The molecule has 0 aliphatic carbocycles. The van der Waals surface area contributed by atoms with Gasteiger partial charge >= 0.3 is 35.1 Å². The van der Waals surface area contributed by atoms with Crippen molar-refractivity contribution in [3.05, 3.63) is 108 Å². The van der Waals surface area contributed by atoms with Gasteiger partial charge in [-0.3, -0.25) is 13.9 Å². The van der Waals surface area contributed by atoms with Crippen LogP contribution in [0.4, 0.5) is 11.5 Å². The summed E-state index contributed by atoms with van der Waals surface area (Å²) in [5, 5.41) is 16.1. The normalized spacial score (nSPS) is 21.5. The van der Waals surface area contributed by atoms with E-state index in [4.69, 9.17) is 34.3 Å². The van der Waals surface area contributed by atoms with Gasteiger partial charge in [0.15, 0.2) is 0 Å². The number of benzene rings is 3. The number of phosphoric acid groups is 3. The zero-order valence-electron chi connectivity index (χ0n) is 40.7. The van der Waals surface area contributed by atoms with Crippen molar-refractivity contribution in [3.63, 3.8) is 0 Å². The number of phosphoric ester groups is 1. The maximum atomic E-state index is 14.0. The highest BCUT2D eigenvalue weighted by Gasteiger charge is 2.44. The van der Waals surface area contributed by atoms with Gasteiger partial charge in [-0.05, 0) is 93.8 Å². The Morgan fingerprint density at radius 1 is 0.920 bits per heavy atom. The van der Waals surface area contributed by atoms with E-state index in [2.05, 4.69) is 40.5 Å². The van der Waals surface area contributed by atoms with Crippen LogP contribution in [0.1, 0.15) is 106 Å². The van der Waals surface area contributed by atoms with Gasteiger partial charge in [0.1, 0.15) is 48.7 Å². The second kappa shape index (κ2) is 21.1. The molecule has 0 saturated carbocycles. The number of anilines is 2. The monoisotopic (exact) mass is 1130 g/mol. The minimum absolute atomic E-state index is 0.00483. The Hall–Kier alpha value is -4.42. The van der Waals surface area contributed by atoms with E-state index < -0.39 is 70.8 Å². The Morgan fingerprint density at radius 3 is 2.40 bits per heavy atom. The SMILES string of the molecule is CC(C)(CNC(=O)c1ccc(C2=c3cc4c5c(c3Oc3c2cc2c6c3CCCN6CCC2)CCC[N+]=5CCC4)c(C(=O)O)c1)SSCOC1C[C@H](n2ccc(N)nc2=O)O[C@@H]1COP(=O)(O)OP(=O)(O)OP(=O)(O)O. The molecule has 1 amide bonds. The van der Waals surface area contributed by atoms with Crippen molar-refractivity contribution in [1.82, 2.24) is 19.4 Å². The van der Waals surface area contributed by atoms with Crippen molar-refractivity contribution >= 4 is 74.0 Å². The van der Waals surface area contributed by atoms with E-state index in [1.807, 2.05) is 13.8 Å². The summed E-state index contributed by atoms with van der Waals surface area (Å²) in [4.78, 5) is 83.6. The molecule has 3 aromatic carbocycles. The number of nitrogens with zero attached hydrogens (tertiary/aromatic N) is 4. The molecular weight excluding hydrogens is 1080 g/mol. The molecule has 4 aromatic rings. The number of carbonyl (C=O) groups is 2. The number of carbonyl (C=O) groups excluding carboxylic acids is 1. The minimum Gasteiger partial charge on any atom is -0.478 e. The molecular formula is C47H56N6O17P3S2+. The average molecular weight is 1130 g/mol. The van der Waals surface area contributed by atoms with Gasteiger partial charge in [-0.2, -0.15) is 13.6 Å². The van der Waals surface area contributed by atoms with Gasteiger partial charge < -0.3 is 54.8 Å². The first-order chi connectivity index (χ1) is 35.5. The lowest BCUT2D eigenvalue weighted by Gasteiger charge is -2.39. The quantitative estimate of drug-likeness (QED) is 0.0208. The third-order valence-corrected chi connectivity index (χ3v) is 20.7. The van der Waals surface area contributed by atoms with Crippen molar-refractivity contribution in [2.75, 3.05) is 55.9 Å². The van der Waals surface area contributed by atoms with Crippen LogP contribution in [0.2, 0.25) is 0 Å². The molecule has 1 fully saturated rings. The second-order valence-electron chi connectivity index (χ2n) is 19.7. The number of hydrogen-bond donors (Lipinski definition) is 7. The first-order valence-corrected chi connectivity index (χ1v) is 31.2. The number of nitrogen functional groups attached to an aromatic ring is 1. The standard InChI is InChI=1S/C47H55N6O17P3S2/c1-47(2,75-74-25-65-35-22-38(53-18-13-37(48)50-46(53)57)67-36(35)23-66-72(61,62)70-73(63,64)69-71(58,59)60)24-49-44(54)28-11-12-29(32(21-28)45(55)56)39-33-19-26-7-3-14-51-16-5-9-30(40(26)51)42(33)68-43-31-10-6-17-52-15-4-8-27(41(31)52)20-34(39)43/h11-13,18-21,35-36,38H,3-10,14-17,22-25H2,1-2H3,(H7-,48,49,50,54,55,56,57,58,59,60,61,62,63,64)/p+1/t35?,36-,38-/m1/s1. The fraction of sp³-hybridized carbons (Fsp3) is 0.468. The minimum atomic E-state index is -5.80. The molecule has 5 atom stereocenters. The van der Waals surface area contributed by atoms with Gasteiger partial charge in [-0.15, -0.1) is 0 Å². The molecule has 28 heteroatoms. The summed E-state index contributed by atoms with van der Waals surface area (Å²) < 4.78 is 70.0. The highest BCUT2D eigenvalue weighted by atomic mass is 33.1. The summed E-state index contributed by atoms with van der Waals surface area (Å²) in [7, 11) is -14.4. The molecule has 75 heavy (non-hydrogen) atoms. The van der Waals surface area contributed by atoms with Crippen LogP contribution >= 0.6 is 45.1 Å². The first kappa shape index (κ1) is 54.0. The van der Waals surface area contributed by atoms with Crippen molar-refractivity contribution in [1.29, 1.82) is 0 Å². The number of ether oxygens (including phenoxy) is 3. The third kappa shape index (κ3) is 11.6. The van der Waals surface area contributed by atoms with Crippen LogP contribution in [0.15, 0.2) is 47.4 Å². The number of carboxylic acids is 1. The first-order valence-electron chi connectivity index (χ1n) is 24.3.